The van der Waals surface area contributed by atoms with Gasteiger partial charge in [-0.15, -0.1) is 0 Å². The highest BCUT2D eigenvalue weighted by atomic mass is 35.5. The number of halogens is 1. The first-order valence-electron chi connectivity index (χ1n) is 6.83. The van der Waals surface area contributed by atoms with E-state index in [1.807, 2.05) is 30.3 Å². The fourth-order valence-corrected chi connectivity index (χ4v) is 2.15. The molecule has 0 spiro atoms. The smallest absolute Gasteiger partial charge is 0.297 e. The Labute approximate surface area is 137 Å². The number of carbonyl (C=O) groups is 1. The van der Waals surface area contributed by atoms with Gasteiger partial charge >= 0.3 is 6.03 Å². The van der Waals surface area contributed by atoms with Gasteiger partial charge in [0.1, 0.15) is 0 Å². The van der Waals surface area contributed by atoms with Gasteiger partial charge in [0.05, 0.1) is 0 Å². The summed E-state index contributed by atoms with van der Waals surface area (Å²) in [6.07, 6.45) is 0. The van der Waals surface area contributed by atoms with Crippen LogP contribution in [0.1, 0.15) is 0 Å². The minimum absolute atomic E-state index is 0.250. The average Bonchev–Trinajstić information content (AvgIpc) is 3.03. The van der Waals surface area contributed by atoms with Gasteiger partial charge in [-0.05, 0) is 34.6 Å². The summed E-state index contributed by atoms with van der Waals surface area (Å²) in [5.41, 5.74) is 1.94. The summed E-state index contributed by atoms with van der Waals surface area (Å²) in [5, 5.41) is 10.9. The summed E-state index contributed by atoms with van der Waals surface area (Å²) in [6, 6.07) is 15.9. The van der Waals surface area contributed by atoms with Gasteiger partial charge in [0.25, 0.3) is 0 Å². The summed E-state index contributed by atoms with van der Waals surface area (Å²) in [6.45, 7) is 0. The topological polar surface area (TPSA) is 71.3 Å². The number of hydrogen-bond acceptors (Lipinski definition) is 4. The van der Waals surface area contributed by atoms with E-state index in [0.717, 1.165) is 11.3 Å². The fraction of sp³-hybridized carbons (Fsp3) is 0.0625. The Morgan fingerprint density at radius 3 is 2.48 bits per heavy atom. The van der Waals surface area contributed by atoms with Crippen LogP contribution < -0.4 is 10.2 Å². The van der Waals surface area contributed by atoms with E-state index in [1.165, 1.54) is 4.90 Å². The van der Waals surface area contributed by atoms with Crippen molar-refractivity contribution < 1.29 is 9.42 Å². The summed E-state index contributed by atoms with van der Waals surface area (Å²) in [5.74, 6) is 0.250. The molecule has 0 aliphatic rings. The van der Waals surface area contributed by atoms with Crippen LogP contribution in [-0.2, 0) is 0 Å². The van der Waals surface area contributed by atoms with E-state index >= 15 is 0 Å². The standard InChI is InChI=1S/C16H13ClN4O2/c1-21(13-5-3-2-4-6-13)16(22)18-15-14(19-23-20-15)11-7-9-12(17)10-8-11/h2-10H,1H3,(H,18,20,22). The van der Waals surface area contributed by atoms with E-state index in [4.69, 9.17) is 16.2 Å². The lowest BCUT2D eigenvalue weighted by atomic mass is 10.1. The molecule has 1 heterocycles. The van der Waals surface area contributed by atoms with E-state index in [1.54, 1.807) is 31.3 Å². The van der Waals surface area contributed by atoms with Crippen LogP contribution in [0.3, 0.4) is 0 Å². The Bertz CT molecular complexity index is 802. The Kier molecular flexibility index (Phi) is 4.25. The Morgan fingerprint density at radius 1 is 1.09 bits per heavy atom. The molecule has 3 rings (SSSR count). The lowest BCUT2D eigenvalue weighted by molar-refractivity contribution is 0.257. The van der Waals surface area contributed by atoms with Crippen molar-refractivity contribution in [2.75, 3.05) is 17.3 Å². The van der Waals surface area contributed by atoms with Gasteiger partial charge in [-0.25, -0.2) is 9.42 Å². The summed E-state index contributed by atoms with van der Waals surface area (Å²) < 4.78 is 4.75. The van der Waals surface area contributed by atoms with E-state index in [-0.39, 0.29) is 11.8 Å². The molecule has 6 nitrogen and oxygen atoms in total. The summed E-state index contributed by atoms with van der Waals surface area (Å²) >= 11 is 5.87. The van der Waals surface area contributed by atoms with Crippen LogP contribution in [0, 0.1) is 0 Å². The van der Waals surface area contributed by atoms with Crippen LogP contribution in [0.5, 0.6) is 0 Å². The molecule has 0 saturated carbocycles. The van der Waals surface area contributed by atoms with Gasteiger partial charge in [0, 0.05) is 23.3 Å². The number of carbonyl (C=O) groups excluding carboxylic acids is 1. The minimum Gasteiger partial charge on any atom is -0.297 e. The summed E-state index contributed by atoms with van der Waals surface area (Å²) in [7, 11) is 1.67. The molecule has 116 valence electrons. The first-order chi connectivity index (χ1) is 11.1. The highest BCUT2D eigenvalue weighted by Gasteiger charge is 2.18. The SMILES string of the molecule is CN(C(=O)Nc1nonc1-c1ccc(Cl)cc1)c1ccccc1. The number of rotatable bonds is 3. The predicted molar refractivity (Wildman–Crippen MR) is 88.6 cm³/mol. The van der Waals surface area contributed by atoms with E-state index in [2.05, 4.69) is 15.6 Å². The normalized spacial score (nSPS) is 10.3. The second-order valence-corrected chi connectivity index (χ2v) is 5.23. The number of urea groups is 1. The Balaban J connectivity index is 1.80. The molecule has 3 aromatic rings. The molecule has 2 aromatic carbocycles. The number of benzene rings is 2. The van der Waals surface area contributed by atoms with Crippen molar-refractivity contribution in [3.05, 3.63) is 59.6 Å². The third-order valence-corrected chi connectivity index (χ3v) is 3.53. The molecule has 2 amide bonds. The van der Waals surface area contributed by atoms with Gasteiger partial charge in [-0.2, -0.15) is 0 Å². The Hall–Kier alpha value is -2.86. The van der Waals surface area contributed by atoms with Crippen molar-refractivity contribution >= 4 is 29.1 Å². The molecule has 0 aliphatic carbocycles. The van der Waals surface area contributed by atoms with Gasteiger partial charge in [-0.3, -0.25) is 10.2 Å². The molecule has 0 aliphatic heterocycles. The molecular weight excluding hydrogens is 316 g/mol. The first-order valence-corrected chi connectivity index (χ1v) is 7.21. The number of amides is 2. The zero-order valence-electron chi connectivity index (χ0n) is 12.2. The number of aromatic nitrogens is 2. The van der Waals surface area contributed by atoms with Crippen LogP contribution in [0.15, 0.2) is 59.2 Å². The molecule has 0 radical (unpaired) electrons. The van der Waals surface area contributed by atoms with Gasteiger partial charge in [0.2, 0.25) is 5.82 Å². The molecule has 1 aromatic heterocycles. The molecule has 7 heteroatoms. The third-order valence-electron chi connectivity index (χ3n) is 3.28. The minimum atomic E-state index is -0.345. The third kappa shape index (κ3) is 3.32. The summed E-state index contributed by atoms with van der Waals surface area (Å²) in [4.78, 5) is 13.8. The Morgan fingerprint density at radius 2 is 1.78 bits per heavy atom. The maximum Gasteiger partial charge on any atom is 0.327 e. The maximum atomic E-state index is 12.3. The van der Waals surface area contributed by atoms with Crippen LogP contribution in [0.4, 0.5) is 16.3 Å². The van der Waals surface area contributed by atoms with Gasteiger partial charge in [0.15, 0.2) is 5.69 Å². The van der Waals surface area contributed by atoms with Crippen LogP contribution in [0.2, 0.25) is 5.02 Å². The van der Waals surface area contributed by atoms with Gasteiger partial charge in [-0.1, -0.05) is 41.9 Å². The quantitative estimate of drug-likeness (QED) is 0.787. The molecule has 0 saturated heterocycles. The monoisotopic (exact) mass is 328 g/mol. The van der Waals surface area contributed by atoms with Crippen molar-refractivity contribution in [3.63, 3.8) is 0 Å². The molecule has 0 atom stereocenters. The van der Waals surface area contributed by atoms with Crippen molar-refractivity contribution in [2.24, 2.45) is 0 Å². The number of para-hydroxylation sites is 1. The van der Waals surface area contributed by atoms with E-state index < -0.39 is 0 Å². The highest BCUT2D eigenvalue weighted by molar-refractivity contribution is 6.30. The first kappa shape index (κ1) is 15.1. The second kappa shape index (κ2) is 6.50. The molecule has 0 unspecified atom stereocenters. The van der Waals surface area contributed by atoms with Crippen LogP contribution in [0.25, 0.3) is 11.3 Å². The van der Waals surface area contributed by atoms with Gasteiger partial charge < -0.3 is 0 Å². The fourth-order valence-electron chi connectivity index (χ4n) is 2.02. The lowest BCUT2D eigenvalue weighted by Crippen LogP contribution is -2.31. The van der Waals surface area contributed by atoms with Crippen molar-refractivity contribution in [3.8, 4) is 11.3 Å². The average molecular weight is 329 g/mol. The second-order valence-electron chi connectivity index (χ2n) is 4.79. The van der Waals surface area contributed by atoms with Crippen molar-refractivity contribution in [1.29, 1.82) is 0 Å². The van der Waals surface area contributed by atoms with E-state index in [0.29, 0.717) is 10.7 Å². The molecular formula is C16H13ClN4O2. The van der Waals surface area contributed by atoms with Crippen LogP contribution >= 0.6 is 11.6 Å². The highest BCUT2D eigenvalue weighted by Crippen LogP contribution is 2.26. The zero-order valence-corrected chi connectivity index (χ0v) is 13.0. The largest absolute Gasteiger partial charge is 0.327 e. The number of nitrogens with zero attached hydrogens (tertiary/aromatic N) is 3. The number of nitrogens with one attached hydrogen (secondary N) is 1. The maximum absolute atomic E-state index is 12.3. The van der Waals surface area contributed by atoms with Crippen molar-refractivity contribution in [1.82, 2.24) is 10.3 Å². The zero-order chi connectivity index (χ0) is 16.2. The lowest BCUT2D eigenvalue weighted by Gasteiger charge is -2.17. The number of anilines is 2. The molecule has 0 bridgehead atoms. The van der Waals surface area contributed by atoms with Crippen LogP contribution in [-0.4, -0.2) is 23.4 Å². The molecule has 0 fully saturated rings. The molecule has 1 N–H and O–H groups in total. The predicted octanol–water partition coefficient (Wildman–Crippen LogP) is 4.06. The number of hydrogen-bond donors (Lipinski definition) is 1. The van der Waals surface area contributed by atoms with E-state index in [9.17, 15) is 4.79 Å². The molecule has 23 heavy (non-hydrogen) atoms. The van der Waals surface area contributed by atoms with Crippen molar-refractivity contribution in [2.45, 2.75) is 0 Å².